The number of amides is 1. The highest BCUT2D eigenvalue weighted by Crippen LogP contribution is 1.99. The number of hydrogen-bond donors (Lipinski definition) is 1. The average Bonchev–Trinajstić information content (AvgIpc) is 3.07. The molecule has 0 spiro atoms. The summed E-state index contributed by atoms with van der Waals surface area (Å²) in [6.45, 7) is 22.3. The molecule has 0 fully saturated rings. The fourth-order valence-corrected chi connectivity index (χ4v) is 4.70. The summed E-state index contributed by atoms with van der Waals surface area (Å²) in [5.41, 5.74) is 0. The number of Topliss-reactive ketones (excluding diaryl/α,β-unsaturated/α-hetero) is 2. The van der Waals surface area contributed by atoms with E-state index in [-0.39, 0.29) is 24.0 Å². The lowest BCUT2D eigenvalue weighted by atomic mass is 10.2. The lowest BCUT2D eigenvalue weighted by Crippen LogP contribution is -2.41. The molecule has 0 aromatic carbocycles. The molecule has 1 N–H and O–H groups in total. The van der Waals surface area contributed by atoms with Crippen LogP contribution in [-0.4, -0.2) is 177 Å². The molecule has 13 heteroatoms. The van der Waals surface area contributed by atoms with Gasteiger partial charge in [-0.25, -0.2) is 0 Å². The predicted octanol–water partition coefficient (Wildman–Crippen LogP) is 2.69. The van der Waals surface area contributed by atoms with Gasteiger partial charge in [0.2, 0.25) is 5.91 Å². The fourth-order valence-electron chi connectivity index (χ4n) is 4.70. The molecule has 0 aromatic rings. The van der Waals surface area contributed by atoms with Gasteiger partial charge in [0.25, 0.3) is 0 Å². The van der Waals surface area contributed by atoms with Crippen LogP contribution in [0.1, 0.15) is 73.1 Å². The first-order valence-electron chi connectivity index (χ1n) is 18.8. The summed E-state index contributed by atoms with van der Waals surface area (Å²) in [6, 6.07) is 0. The SMILES string of the molecule is CCCOCCN(CCOCCC)CC(=O)CCCOCCN(CCOCCNC(=O)CN(CCOCCC)CCOCCC)CC(C)=O. The molecule has 0 aliphatic carbocycles. The average molecular weight is 705 g/mol. The summed E-state index contributed by atoms with van der Waals surface area (Å²) in [6.07, 6.45) is 5.01. The number of hydrogen-bond acceptors (Lipinski definition) is 12. The van der Waals surface area contributed by atoms with Crippen LogP contribution in [0.2, 0.25) is 0 Å². The first-order chi connectivity index (χ1) is 23.9. The molecule has 0 saturated heterocycles. The minimum absolute atomic E-state index is 0.0574. The van der Waals surface area contributed by atoms with Crippen molar-refractivity contribution >= 4 is 17.5 Å². The van der Waals surface area contributed by atoms with Crippen molar-refractivity contribution < 1.29 is 42.8 Å². The van der Waals surface area contributed by atoms with Crippen LogP contribution >= 0.6 is 0 Å². The standard InChI is InChI=1S/C36H72N4O9/c1-6-19-44-25-15-39(16-26-45-20-7-2)32-35(42)11-10-23-48-29-13-38(31-34(5)41)14-30-49-24-12-37-36(43)33-40(17-27-46-21-8-3)18-28-47-22-9-4/h6-33H2,1-5H3,(H,37,43). The van der Waals surface area contributed by atoms with Gasteiger partial charge < -0.3 is 33.7 Å². The van der Waals surface area contributed by atoms with Gasteiger partial charge in [0.1, 0.15) is 11.6 Å². The smallest absolute Gasteiger partial charge is 0.234 e. The number of carbonyl (C=O) groups excluding carboxylic acids is 3. The highest BCUT2D eigenvalue weighted by molar-refractivity contribution is 5.80. The van der Waals surface area contributed by atoms with Gasteiger partial charge >= 0.3 is 0 Å². The molecule has 0 rings (SSSR count). The molecule has 0 unspecified atom stereocenters. The van der Waals surface area contributed by atoms with Crippen LogP contribution in [0.25, 0.3) is 0 Å². The maximum atomic E-state index is 12.6. The second-order valence-corrected chi connectivity index (χ2v) is 12.2. The van der Waals surface area contributed by atoms with Crippen molar-refractivity contribution in [2.75, 3.05) is 145 Å². The Morgan fingerprint density at radius 1 is 0.469 bits per heavy atom. The van der Waals surface area contributed by atoms with Crippen LogP contribution < -0.4 is 5.32 Å². The quantitative estimate of drug-likeness (QED) is 0.0946. The minimum atomic E-state index is -0.0574. The van der Waals surface area contributed by atoms with Gasteiger partial charge in [-0.1, -0.05) is 27.7 Å². The monoisotopic (exact) mass is 705 g/mol. The van der Waals surface area contributed by atoms with Crippen molar-refractivity contribution in [3.05, 3.63) is 0 Å². The third-order valence-electron chi connectivity index (χ3n) is 7.23. The Morgan fingerprint density at radius 3 is 1.24 bits per heavy atom. The van der Waals surface area contributed by atoms with Gasteiger partial charge in [-0.3, -0.25) is 29.1 Å². The van der Waals surface area contributed by atoms with E-state index in [1.807, 2.05) is 9.80 Å². The maximum absolute atomic E-state index is 12.6. The largest absolute Gasteiger partial charge is 0.380 e. The van der Waals surface area contributed by atoms with E-state index in [4.69, 9.17) is 28.4 Å². The lowest BCUT2D eigenvalue weighted by molar-refractivity contribution is -0.123. The van der Waals surface area contributed by atoms with Gasteiger partial charge in [0, 0.05) is 85.3 Å². The number of ketones is 2. The summed E-state index contributed by atoms with van der Waals surface area (Å²) in [5.74, 6) is 0.206. The third kappa shape index (κ3) is 33.4. The third-order valence-corrected chi connectivity index (χ3v) is 7.23. The predicted molar refractivity (Wildman–Crippen MR) is 193 cm³/mol. The molecule has 1 amide bonds. The first kappa shape index (κ1) is 47.4. The van der Waals surface area contributed by atoms with Gasteiger partial charge in [0.05, 0.1) is 65.9 Å². The van der Waals surface area contributed by atoms with Crippen LogP contribution in [0.3, 0.4) is 0 Å². The van der Waals surface area contributed by atoms with Crippen molar-refractivity contribution in [1.82, 2.24) is 20.0 Å². The number of ether oxygens (including phenoxy) is 6. The van der Waals surface area contributed by atoms with Crippen LogP contribution in [0, 0.1) is 0 Å². The molecule has 0 bridgehead atoms. The Hall–Kier alpha value is -1.55. The molecular weight excluding hydrogens is 632 g/mol. The van der Waals surface area contributed by atoms with Gasteiger partial charge in [-0.2, -0.15) is 0 Å². The van der Waals surface area contributed by atoms with Gasteiger partial charge in [-0.05, 0) is 39.0 Å². The molecule has 0 radical (unpaired) electrons. The molecule has 0 aliphatic heterocycles. The minimum Gasteiger partial charge on any atom is -0.380 e. The Labute approximate surface area is 298 Å². The zero-order chi connectivity index (χ0) is 36.2. The van der Waals surface area contributed by atoms with E-state index in [9.17, 15) is 14.4 Å². The maximum Gasteiger partial charge on any atom is 0.234 e. The molecule has 0 aromatic heterocycles. The summed E-state index contributed by atoms with van der Waals surface area (Å²) in [7, 11) is 0. The van der Waals surface area contributed by atoms with E-state index in [1.165, 1.54) is 0 Å². The van der Waals surface area contributed by atoms with Gasteiger partial charge in [-0.15, -0.1) is 0 Å². The second-order valence-electron chi connectivity index (χ2n) is 12.2. The topological polar surface area (TPSA) is 128 Å². The Morgan fingerprint density at radius 2 is 0.837 bits per heavy atom. The number of carbonyl (C=O) groups is 3. The summed E-state index contributed by atoms with van der Waals surface area (Å²) in [4.78, 5) is 43.1. The Bertz CT molecular complexity index is 701. The van der Waals surface area contributed by atoms with Crippen LogP contribution in [0.5, 0.6) is 0 Å². The fraction of sp³-hybridized carbons (Fsp3) is 0.917. The number of nitrogens with zero attached hydrogens (tertiary/aromatic N) is 3. The highest BCUT2D eigenvalue weighted by atomic mass is 16.5. The van der Waals surface area contributed by atoms with E-state index < -0.39 is 0 Å². The van der Waals surface area contributed by atoms with Crippen molar-refractivity contribution in [2.24, 2.45) is 0 Å². The zero-order valence-electron chi connectivity index (χ0n) is 31.8. The number of nitrogens with one attached hydrogen (secondary N) is 1. The van der Waals surface area contributed by atoms with E-state index in [2.05, 4.69) is 37.9 Å². The van der Waals surface area contributed by atoms with Crippen LogP contribution in [-0.2, 0) is 42.8 Å². The van der Waals surface area contributed by atoms with E-state index >= 15 is 0 Å². The van der Waals surface area contributed by atoms with Crippen molar-refractivity contribution in [3.63, 3.8) is 0 Å². The Balaban J connectivity index is 4.26. The normalized spacial score (nSPS) is 11.7. The molecule has 0 heterocycles. The molecule has 290 valence electrons. The summed E-state index contributed by atoms with van der Waals surface area (Å²) < 4.78 is 34.0. The molecular formula is C36H72N4O9. The van der Waals surface area contributed by atoms with Crippen molar-refractivity contribution in [1.29, 1.82) is 0 Å². The first-order valence-corrected chi connectivity index (χ1v) is 18.8. The van der Waals surface area contributed by atoms with E-state index in [0.29, 0.717) is 138 Å². The molecule has 49 heavy (non-hydrogen) atoms. The second kappa shape index (κ2) is 36.2. The molecule has 0 aliphatic rings. The van der Waals surface area contributed by atoms with Crippen LogP contribution in [0.4, 0.5) is 0 Å². The van der Waals surface area contributed by atoms with Crippen LogP contribution in [0.15, 0.2) is 0 Å². The summed E-state index contributed by atoms with van der Waals surface area (Å²) in [5, 5.41) is 2.92. The Kier molecular flexibility index (Phi) is 35.1. The lowest BCUT2D eigenvalue weighted by Gasteiger charge is -2.22. The van der Waals surface area contributed by atoms with E-state index in [1.54, 1.807) is 6.92 Å². The van der Waals surface area contributed by atoms with Gasteiger partial charge in [0.15, 0.2) is 0 Å². The molecule has 0 saturated carbocycles. The van der Waals surface area contributed by atoms with Crippen molar-refractivity contribution in [2.45, 2.75) is 73.1 Å². The zero-order valence-corrected chi connectivity index (χ0v) is 31.8. The van der Waals surface area contributed by atoms with Crippen molar-refractivity contribution in [3.8, 4) is 0 Å². The highest BCUT2D eigenvalue weighted by Gasteiger charge is 2.13. The molecule has 13 nitrogen and oxygen atoms in total. The summed E-state index contributed by atoms with van der Waals surface area (Å²) >= 11 is 0. The number of rotatable bonds is 39. The van der Waals surface area contributed by atoms with E-state index in [0.717, 1.165) is 38.9 Å². The molecule has 0 atom stereocenters.